The second-order valence-corrected chi connectivity index (χ2v) is 6.30. The third-order valence-electron chi connectivity index (χ3n) is 3.85. The van der Waals surface area contributed by atoms with E-state index in [2.05, 4.69) is 15.1 Å². The summed E-state index contributed by atoms with van der Waals surface area (Å²) in [6, 6.07) is 3.86. The highest BCUT2D eigenvalue weighted by Crippen LogP contribution is 2.30. The van der Waals surface area contributed by atoms with Crippen LogP contribution >= 0.6 is 11.3 Å². The Balaban J connectivity index is 1.40. The van der Waals surface area contributed by atoms with Gasteiger partial charge in [0.2, 0.25) is 17.6 Å². The number of nitrogens with zero attached hydrogens (tertiary/aromatic N) is 4. The predicted octanol–water partition coefficient (Wildman–Crippen LogP) is 1.51. The SMILES string of the molecule is O=C1N=CC=CC1C(=O)N1CC(c2nc(-c3cccs3)no2)C1. The number of hydrogen-bond acceptors (Lipinski definition) is 6. The summed E-state index contributed by atoms with van der Waals surface area (Å²) in [7, 11) is 0. The van der Waals surface area contributed by atoms with E-state index in [9.17, 15) is 9.59 Å². The van der Waals surface area contributed by atoms with E-state index < -0.39 is 11.8 Å². The van der Waals surface area contributed by atoms with Gasteiger partial charge in [-0.2, -0.15) is 4.98 Å². The van der Waals surface area contributed by atoms with Gasteiger partial charge in [0.05, 0.1) is 10.8 Å². The van der Waals surface area contributed by atoms with Gasteiger partial charge in [-0.05, 0) is 17.5 Å². The second-order valence-electron chi connectivity index (χ2n) is 5.35. The van der Waals surface area contributed by atoms with Gasteiger partial charge >= 0.3 is 0 Å². The van der Waals surface area contributed by atoms with Crippen LogP contribution in [0.5, 0.6) is 0 Å². The van der Waals surface area contributed by atoms with Gasteiger partial charge in [-0.25, -0.2) is 4.99 Å². The smallest absolute Gasteiger partial charge is 0.262 e. The van der Waals surface area contributed by atoms with Gasteiger partial charge in [0, 0.05) is 19.3 Å². The Labute approximate surface area is 135 Å². The molecule has 116 valence electrons. The molecule has 0 aromatic carbocycles. The normalized spacial score (nSPS) is 20.8. The van der Waals surface area contributed by atoms with Crippen LogP contribution in [0.25, 0.3) is 10.7 Å². The van der Waals surface area contributed by atoms with Crippen molar-refractivity contribution in [2.24, 2.45) is 10.9 Å². The maximum atomic E-state index is 12.3. The minimum atomic E-state index is -0.801. The zero-order valence-corrected chi connectivity index (χ0v) is 12.8. The molecule has 8 heteroatoms. The highest BCUT2D eigenvalue weighted by atomic mass is 32.1. The number of likely N-dealkylation sites (tertiary alicyclic amines) is 1. The summed E-state index contributed by atoms with van der Waals surface area (Å²) in [5, 5.41) is 5.92. The van der Waals surface area contributed by atoms with E-state index in [0.717, 1.165) is 4.88 Å². The zero-order valence-electron chi connectivity index (χ0n) is 12.0. The van der Waals surface area contributed by atoms with Gasteiger partial charge in [-0.1, -0.05) is 17.3 Å². The highest BCUT2D eigenvalue weighted by Gasteiger charge is 2.39. The molecule has 0 bridgehead atoms. The van der Waals surface area contributed by atoms with Crippen molar-refractivity contribution in [3.05, 3.63) is 35.6 Å². The van der Waals surface area contributed by atoms with Gasteiger partial charge in [-0.15, -0.1) is 11.3 Å². The van der Waals surface area contributed by atoms with Crippen LogP contribution in [0.15, 0.2) is 39.2 Å². The molecule has 1 unspecified atom stereocenters. The number of rotatable bonds is 3. The van der Waals surface area contributed by atoms with Crippen LogP contribution in [0, 0.1) is 5.92 Å². The Morgan fingerprint density at radius 2 is 2.26 bits per heavy atom. The van der Waals surface area contributed by atoms with Crippen molar-refractivity contribution in [1.82, 2.24) is 15.0 Å². The van der Waals surface area contributed by atoms with Crippen LogP contribution in [-0.2, 0) is 9.59 Å². The summed E-state index contributed by atoms with van der Waals surface area (Å²) < 4.78 is 5.29. The summed E-state index contributed by atoms with van der Waals surface area (Å²) >= 11 is 1.54. The maximum absolute atomic E-state index is 12.3. The van der Waals surface area contributed by atoms with Crippen LogP contribution in [0.1, 0.15) is 11.8 Å². The van der Waals surface area contributed by atoms with Gasteiger partial charge in [0.1, 0.15) is 5.92 Å². The van der Waals surface area contributed by atoms with Gasteiger partial charge in [0.15, 0.2) is 0 Å². The molecule has 0 saturated carbocycles. The molecular weight excluding hydrogens is 316 g/mol. The third kappa shape index (κ3) is 2.50. The fourth-order valence-electron chi connectivity index (χ4n) is 2.55. The first-order valence-electron chi connectivity index (χ1n) is 7.13. The number of dihydropyridines is 1. The molecule has 4 rings (SSSR count). The molecule has 0 spiro atoms. The number of hydrogen-bond donors (Lipinski definition) is 0. The first-order valence-corrected chi connectivity index (χ1v) is 8.01. The molecule has 2 aliphatic heterocycles. The lowest BCUT2D eigenvalue weighted by atomic mass is 9.96. The molecule has 2 amide bonds. The Kier molecular flexibility index (Phi) is 3.38. The van der Waals surface area contributed by atoms with Crippen molar-refractivity contribution in [2.75, 3.05) is 13.1 Å². The molecule has 1 atom stereocenters. The van der Waals surface area contributed by atoms with E-state index in [4.69, 9.17) is 4.52 Å². The van der Waals surface area contributed by atoms with Crippen molar-refractivity contribution >= 4 is 29.4 Å². The van der Waals surface area contributed by atoms with E-state index in [1.54, 1.807) is 28.4 Å². The standard InChI is InChI=1S/C15H12N4O3S/c20-13-10(3-1-5-16-13)15(21)19-7-9(8-19)14-17-12(18-22-14)11-4-2-6-23-11/h1-6,9-10H,7-8H2. The van der Waals surface area contributed by atoms with Crippen molar-refractivity contribution in [1.29, 1.82) is 0 Å². The van der Waals surface area contributed by atoms with Crippen LogP contribution in [0.3, 0.4) is 0 Å². The van der Waals surface area contributed by atoms with E-state index in [1.807, 2.05) is 17.5 Å². The Morgan fingerprint density at radius 1 is 1.39 bits per heavy atom. The van der Waals surface area contributed by atoms with Crippen molar-refractivity contribution in [3.8, 4) is 10.7 Å². The largest absolute Gasteiger partial charge is 0.340 e. The van der Waals surface area contributed by atoms with Gasteiger partial charge < -0.3 is 9.42 Å². The van der Waals surface area contributed by atoms with E-state index in [-0.39, 0.29) is 11.8 Å². The number of carbonyl (C=O) groups is 2. The summed E-state index contributed by atoms with van der Waals surface area (Å²) in [5.41, 5.74) is 0. The molecule has 1 saturated heterocycles. The molecular formula is C15H12N4O3S. The van der Waals surface area contributed by atoms with Crippen molar-refractivity contribution < 1.29 is 14.1 Å². The summed E-state index contributed by atoms with van der Waals surface area (Å²) in [4.78, 5) is 34.5. The fourth-order valence-corrected chi connectivity index (χ4v) is 3.20. The third-order valence-corrected chi connectivity index (χ3v) is 4.72. The first-order chi connectivity index (χ1) is 11.2. The summed E-state index contributed by atoms with van der Waals surface area (Å²) in [6.45, 7) is 0.957. The van der Waals surface area contributed by atoms with Gasteiger partial charge in [-0.3, -0.25) is 9.59 Å². The number of aliphatic imine (C=N–C) groups is 1. The molecule has 2 aromatic rings. The Hall–Kier alpha value is -2.61. The van der Waals surface area contributed by atoms with Crippen LogP contribution < -0.4 is 0 Å². The monoisotopic (exact) mass is 328 g/mol. The van der Waals surface area contributed by atoms with E-state index in [1.165, 1.54) is 6.21 Å². The zero-order chi connectivity index (χ0) is 15.8. The number of aromatic nitrogens is 2. The minimum Gasteiger partial charge on any atom is -0.340 e. The number of thiophene rings is 1. The van der Waals surface area contributed by atoms with Crippen LogP contribution in [0.2, 0.25) is 0 Å². The lowest BCUT2D eigenvalue weighted by molar-refractivity contribution is -0.142. The molecule has 23 heavy (non-hydrogen) atoms. The number of carbonyl (C=O) groups excluding carboxylic acids is 2. The molecule has 1 fully saturated rings. The number of amides is 2. The fraction of sp³-hybridized carbons (Fsp3) is 0.267. The molecule has 4 heterocycles. The molecule has 0 N–H and O–H groups in total. The highest BCUT2D eigenvalue weighted by molar-refractivity contribution is 7.13. The average Bonchev–Trinajstić information content (AvgIpc) is 3.17. The Bertz CT molecular complexity index is 803. The van der Waals surface area contributed by atoms with E-state index in [0.29, 0.717) is 24.8 Å². The van der Waals surface area contributed by atoms with Crippen molar-refractivity contribution in [2.45, 2.75) is 5.92 Å². The molecule has 0 radical (unpaired) electrons. The second kappa shape index (κ2) is 5.54. The Morgan fingerprint density at radius 3 is 3.00 bits per heavy atom. The topological polar surface area (TPSA) is 88.7 Å². The van der Waals surface area contributed by atoms with Crippen LogP contribution in [0.4, 0.5) is 0 Å². The molecule has 7 nitrogen and oxygen atoms in total. The van der Waals surface area contributed by atoms with Crippen LogP contribution in [-0.4, -0.2) is 46.2 Å². The predicted molar refractivity (Wildman–Crippen MR) is 83.1 cm³/mol. The lowest BCUT2D eigenvalue weighted by Gasteiger charge is -2.38. The summed E-state index contributed by atoms with van der Waals surface area (Å²) in [5.74, 6) is -0.326. The van der Waals surface area contributed by atoms with E-state index >= 15 is 0 Å². The molecule has 0 aliphatic carbocycles. The summed E-state index contributed by atoms with van der Waals surface area (Å²) in [6.07, 6.45) is 4.59. The van der Waals surface area contributed by atoms with Crippen molar-refractivity contribution in [3.63, 3.8) is 0 Å². The lowest BCUT2D eigenvalue weighted by Crippen LogP contribution is -2.51. The quantitative estimate of drug-likeness (QED) is 0.797. The minimum absolute atomic E-state index is 0.0198. The molecule has 2 aromatic heterocycles. The molecule has 2 aliphatic rings. The first kappa shape index (κ1) is 14.0. The maximum Gasteiger partial charge on any atom is 0.262 e. The number of allylic oxidation sites excluding steroid dienone is 1. The van der Waals surface area contributed by atoms with Gasteiger partial charge in [0.25, 0.3) is 5.91 Å². The average molecular weight is 328 g/mol.